The third-order valence-electron chi connectivity index (χ3n) is 3.47. The quantitative estimate of drug-likeness (QED) is 0.686. The van der Waals surface area contributed by atoms with Crippen molar-refractivity contribution in [3.05, 3.63) is 0 Å². The van der Waals surface area contributed by atoms with Crippen molar-refractivity contribution in [1.29, 1.82) is 0 Å². The Morgan fingerprint density at radius 3 is 2.58 bits per heavy atom. The van der Waals surface area contributed by atoms with Gasteiger partial charge in [-0.1, -0.05) is 13.8 Å². The lowest BCUT2D eigenvalue weighted by atomic mass is 9.96. The zero-order valence-corrected chi connectivity index (χ0v) is 12.6. The maximum Gasteiger partial charge on any atom is 0.314 e. The van der Waals surface area contributed by atoms with Crippen LogP contribution in [0.25, 0.3) is 0 Å². The second-order valence-corrected chi connectivity index (χ2v) is 5.77. The lowest BCUT2D eigenvalue weighted by Crippen LogP contribution is -2.43. The summed E-state index contributed by atoms with van der Waals surface area (Å²) in [5, 5.41) is 5.72. The molecule has 0 unspecified atom stereocenters. The summed E-state index contributed by atoms with van der Waals surface area (Å²) in [7, 11) is 1.63. The van der Waals surface area contributed by atoms with Crippen molar-refractivity contribution in [3.8, 4) is 0 Å². The minimum Gasteiger partial charge on any atom is -0.383 e. The van der Waals surface area contributed by atoms with Crippen molar-refractivity contribution in [2.75, 3.05) is 46.4 Å². The normalized spacial score (nSPS) is 17.7. The van der Waals surface area contributed by atoms with E-state index in [9.17, 15) is 4.79 Å². The highest BCUT2D eigenvalue weighted by molar-refractivity contribution is 5.73. The van der Waals surface area contributed by atoms with Crippen LogP contribution in [0.1, 0.15) is 26.7 Å². The summed E-state index contributed by atoms with van der Waals surface area (Å²) in [5.41, 5.74) is 0. The fourth-order valence-electron chi connectivity index (χ4n) is 2.46. The molecule has 1 rings (SSSR count). The van der Waals surface area contributed by atoms with Crippen molar-refractivity contribution in [2.45, 2.75) is 26.7 Å². The van der Waals surface area contributed by atoms with Gasteiger partial charge in [-0.2, -0.15) is 0 Å². The molecule has 2 N–H and O–H groups in total. The van der Waals surface area contributed by atoms with Crippen LogP contribution in [0.3, 0.4) is 0 Å². The van der Waals surface area contributed by atoms with Gasteiger partial charge in [-0.15, -0.1) is 0 Å². The molecule has 0 saturated carbocycles. The van der Waals surface area contributed by atoms with Crippen molar-refractivity contribution >= 4 is 6.03 Å². The molecule has 0 atom stereocenters. The van der Waals surface area contributed by atoms with Gasteiger partial charge < -0.3 is 20.3 Å². The average molecular weight is 271 g/mol. The predicted molar refractivity (Wildman–Crippen MR) is 77.3 cm³/mol. The van der Waals surface area contributed by atoms with Crippen LogP contribution >= 0.6 is 0 Å². The number of carbonyl (C=O) groups is 1. The topological polar surface area (TPSA) is 53.6 Å². The van der Waals surface area contributed by atoms with Crippen molar-refractivity contribution < 1.29 is 9.53 Å². The molecule has 1 fully saturated rings. The van der Waals surface area contributed by atoms with Crippen molar-refractivity contribution in [3.63, 3.8) is 0 Å². The van der Waals surface area contributed by atoms with E-state index in [2.05, 4.69) is 29.4 Å². The lowest BCUT2D eigenvalue weighted by molar-refractivity contribution is 0.165. The van der Waals surface area contributed by atoms with E-state index in [0.717, 1.165) is 25.6 Å². The minimum atomic E-state index is -0.0818. The monoisotopic (exact) mass is 271 g/mol. The molecule has 1 aliphatic rings. The number of ether oxygens (including phenoxy) is 1. The molecule has 5 nitrogen and oxygen atoms in total. The summed E-state index contributed by atoms with van der Waals surface area (Å²) in [5.74, 6) is 1.36. The van der Waals surface area contributed by atoms with Gasteiger partial charge in [0.15, 0.2) is 0 Å². The Kier molecular flexibility index (Phi) is 7.82. The molecule has 2 amide bonds. The van der Waals surface area contributed by atoms with Crippen LogP contribution < -0.4 is 10.6 Å². The fourth-order valence-corrected chi connectivity index (χ4v) is 2.46. The Balaban J connectivity index is 2.07. The Hall–Kier alpha value is -0.810. The first-order chi connectivity index (χ1) is 9.11. The van der Waals surface area contributed by atoms with E-state index < -0.39 is 0 Å². The SMILES string of the molecule is COCCNC(=O)NCC1CCN(CC(C)C)CC1. The highest BCUT2D eigenvalue weighted by Crippen LogP contribution is 2.17. The Morgan fingerprint density at radius 2 is 2.00 bits per heavy atom. The second kappa shape index (κ2) is 9.15. The van der Waals surface area contributed by atoms with Gasteiger partial charge >= 0.3 is 6.03 Å². The number of piperidine rings is 1. The van der Waals surface area contributed by atoms with Crippen LogP contribution in [-0.2, 0) is 4.74 Å². The highest BCUT2D eigenvalue weighted by atomic mass is 16.5. The summed E-state index contributed by atoms with van der Waals surface area (Å²) in [6.07, 6.45) is 2.37. The molecule has 0 aromatic carbocycles. The molecular weight excluding hydrogens is 242 g/mol. The molecule has 1 heterocycles. The minimum absolute atomic E-state index is 0.0818. The van der Waals surface area contributed by atoms with Gasteiger partial charge in [0, 0.05) is 26.7 Å². The summed E-state index contributed by atoms with van der Waals surface area (Å²) in [6.45, 7) is 9.95. The van der Waals surface area contributed by atoms with E-state index >= 15 is 0 Å². The van der Waals surface area contributed by atoms with Crippen LogP contribution in [-0.4, -0.2) is 57.4 Å². The van der Waals surface area contributed by atoms with E-state index in [1.54, 1.807) is 7.11 Å². The Labute approximate surface area is 117 Å². The zero-order valence-electron chi connectivity index (χ0n) is 12.6. The molecule has 0 spiro atoms. The molecule has 19 heavy (non-hydrogen) atoms. The Morgan fingerprint density at radius 1 is 1.32 bits per heavy atom. The molecule has 1 aliphatic heterocycles. The number of urea groups is 1. The van der Waals surface area contributed by atoms with Gasteiger partial charge in [0.05, 0.1) is 6.61 Å². The standard InChI is InChI=1S/C14H29N3O2/c1-12(2)11-17-7-4-13(5-8-17)10-16-14(18)15-6-9-19-3/h12-13H,4-11H2,1-3H3,(H2,15,16,18). The first kappa shape index (κ1) is 16.2. The number of nitrogens with zero attached hydrogens (tertiary/aromatic N) is 1. The molecule has 0 aliphatic carbocycles. The van der Waals surface area contributed by atoms with Crippen molar-refractivity contribution in [1.82, 2.24) is 15.5 Å². The molecular formula is C14H29N3O2. The van der Waals surface area contributed by atoms with E-state index in [-0.39, 0.29) is 6.03 Å². The van der Waals surface area contributed by atoms with E-state index in [1.165, 1.54) is 19.4 Å². The van der Waals surface area contributed by atoms with E-state index in [1.807, 2.05) is 0 Å². The number of rotatable bonds is 7. The first-order valence-electron chi connectivity index (χ1n) is 7.34. The first-order valence-corrected chi connectivity index (χ1v) is 7.34. The summed E-state index contributed by atoms with van der Waals surface area (Å²) in [6, 6.07) is -0.0818. The van der Waals surface area contributed by atoms with Crippen molar-refractivity contribution in [2.24, 2.45) is 11.8 Å². The largest absolute Gasteiger partial charge is 0.383 e. The number of carbonyl (C=O) groups excluding carboxylic acids is 1. The third-order valence-corrected chi connectivity index (χ3v) is 3.47. The molecule has 112 valence electrons. The Bertz CT molecular complexity index is 251. The number of hydrogen-bond donors (Lipinski definition) is 2. The third kappa shape index (κ3) is 7.38. The molecule has 0 bridgehead atoms. The number of methoxy groups -OCH3 is 1. The molecule has 0 aromatic heterocycles. The molecule has 0 aromatic rings. The van der Waals surface area contributed by atoms with Gasteiger partial charge in [-0.25, -0.2) is 4.79 Å². The van der Waals surface area contributed by atoms with Gasteiger partial charge in [-0.05, 0) is 37.8 Å². The van der Waals surface area contributed by atoms with Gasteiger partial charge in [0.1, 0.15) is 0 Å². The van der Waals surface area contributed by atoms with E-state index in [4.69, 9.17) is 4.74 Å². The van der Waals surface area contributed by atoms with Gasteiger partial charge in [0.25, 0.3) is 0 Å². The maximum absolute atomic E-state index is 11.5. The van der Waals surface area contributed by atoms with Gasteiger partial charge in [-0.3, -0.25) is 0 Å². The predicted octanol–water partition coefficient (Wildman–Crippen LogP) is 1.30. The van der Waals surface area contributed by atoms with E-state index in [0.29, 0.717) is 19.1 Å². The van der Waals surface area contributed by atoms with Crippen LogP contribution in [0, 0.1) is 11.8 Å². The average Bonchev–Trinajstić information content (AvgIpc) is 2.37. The highest BCUT2D eigenvalue weighted by Gasteiger charge is 2.19. The number of hydrogen-bond acceptors (Lipinski definition) is 3. The summed E-state index contributed by atoms with van der Waals surface area (Å²) < 4.78 is 4.88. The number of amides is 2. The fraction of sp³-hybridized carbons (Fsp3) is 0.929. The van der Waals surface area contributed by atoms with Crippen LogP contribution in [0.15, 0.2) is 0 Å². The number of likely N-dealkylation sites (tertiary alicyclic amines) is 1. The lowest BCUT2D eigenvalue weighted by Gasteiger charge is -2.33. The van der Waals surface area contributed by atoms with Crippen LogP contribution in [0.5, 0.6) is 0 Å². The smallest absolute Gasteiger partial charge is 0.314 e. The molecule has 5 heteroatoms. The van der Waals surface area contributed by atoms with Crippen LogP contribution in [0.4, 0.5) is 4.79 Å². The maximum atomic E-state index is 11.5. The molecule has 1 saturated heterocycles. The van der Waals surface area contributed by atoms with Crippen LogP contribution in [0.2, 0.25) is 0 Å². The summed E-state index contributed by atoms with van der Waals surface area (Å²) >= 11 is 0. The molecule has 0 radical (unpaired) electrons. The number of nitrogens with one attached hydrogen (secondary N) is 2. The van der Waals surface area contributed by atoms with Gasteiger partial charge in [0.2, 0.25) is 0 Å². The summed E-state index contributed by atoms with van der Waals surface area (Å²) in [4.78, 5) is 14.0. The zero-order chi connectivity index (χ0) is 14.1. The second-order valence-electron chi connectivity index (χ2n) is 5.77.